The molecule has 3 aliphatic rings. The average Bonchev–Trinajstić information content (AvgIpc) is 3.00. The summed E-state index contributed by atoms with van der Waals surface area (Å²) in [4.78, 5) is 30.2. The molecule has 5 nitrogen and oxygen atoms in total. The Kier molecular flexibility index (Phi) is 6.17. The zero-order valence-corrected chi connectivity index (χ0v) is 19.7. The highest BCUT2D eigenvalue weighted by molar-refractivity contribution is 6.04. The van der Waals surface area contributed by atoms with Crippen molar-refractivity contribution >= 4 is 11.8 Å². The van der Waals surface area contributed by atoms with Gasteiger partial charge in [-0.05, 0) is 81.6 Å². The van der Waals surface area contributed by atoms with E-state index >= 15 is 0 Å². The minimum atomic E-state index is -0.358. The molecule has 0 N–H and O–H groups in total. The zero-order chi connectivity index (χ0) is 22.2. The number of carbonyl (C=O) groups excluding carboxylic acids is 2. The predicted molar refractivity (Wildman–Crippen MR) is 122 cm³/mol. The Morgan fingerprint density at radius 2 is 1.71 bits per heavy atom. The first-order chi connectivity index (χ1) is 14.8. The van der Waals surface area contributed by atoms with Crippen LogP contribution in [0.2, 0.25) is 0 Å². The van der Waals surface area contributed by atoms with Crippen LogP contribution >= 0.6 is 0 Å². The summed E-state index contributed by atoms with van der Waals surface area (Å²) in [5.41, 5.74) is 0.628. The largest absolute Gasteiger partial charge is 0.496 e. The van der Waals surface area contributed by atoms with Crippen molar-refractivity contribution in [1.82, 2.24) is 9.80 Å². The minimum absolute atomic E-state index is 0.0666. The number of para-hydroxylation sites is 1. The molecule has 1 saturated carbocycles. The lowest BCUT2D eigenvalue weighted by Crippen LogP contribution is -2.55. The average molecular weight is 427 g/mol. The lowest BCUT2D eigenvalue weighted by molar-refractivity contribution is -0.162. The van der Waals surface area contributed by atoms with Gasteiger partial charge in [0, 0.05) is 12.0 Å². The van der Waals surface area contributed by atoms with Crippen LogP contribution < -0.4 is 4.74 Å². The fraction of sp³-hybridized carbons (Fsp3) is 0.692. The van der Waals surface area contributed by atoms with E-state index in [9.17, 15) is 9.59 Å². The monoisotopic (exact) mass is 426 g/mol. The number of ether oxygens (including phenoxy) is 1. The lowest BCUT2D eigenvalue weighted by atomic mass is 9.74. The molecule has 1 aromatic carbocycles. The van der Waals surface area contributed by atoms with E-state index in [1.54, 1.807) is 12.0 Å². The highest BCUT2D eigenvalue weighted by atomic mass is 16.5. The number of amides is 2. The van der Waals surface area contributed by atoms with Gasteiger partial charge >= 0.3 is 0 Å². The van der Waals surface area contributed by atoms with Gasteiger partial charge in [-0.3, -0.25) is 14.5 Å². The molecule has 2 bridgehead atoms. The Balaban J connectivity index is 1.24. The van der Waals surface area contributed by atoms with Gasteiger partial charge in [0.05, 0.1) is 12.5 Å². The fourth-order valence-corrected chi connectivity index (χ4v) is 6.41. The molecule has 2 saturated heterocycles. The van der Waals surface area contributed by atoms with Gasteiger partial charge in [-0.2, -0.15) is 0 Å². The first kappa shape index (κ1) is 22.3. The maximum Gasteiger partial charge on any atom is 0.235 e. The summed E-state index contributed by atoms with van der Waals surface area (Å²) < 4.78 is 5.55. The summed E-state index contributed by atoms with van der Waals surface area (Å²) in [5, 5.41) is 0. The predicted octanol–water partition coefficient (Wildman–Crippen LogP) is 4.47. The second-order valence-electron chi connectivity index (χ2n) is 10.6. The van der Waals surface area contributed by atoms with Crippen molar-refractivity contribution < 1.29 is 14.3 Å². The topological polar surface area (TPSA) is 49.9 Å². The van der Waals surface area contributed by atoms with Crippen LogP contribution in [-0.2, 0) is 9.59 Å². The Hall–Kier alpha value is -1.88. The van der Waals surface area contributed by atoms with Crippen molar-refractivity contribution in [2.75, 3.05) is 33.3 Å². The van der Waals surface area contributed by atoms with E-state index in [-0.39, 0.29) is 28.6 Å². The number of unbranched alkanes of at least 4 members (excludes halogenated alkanes) is 1. The summed E-state index contributed by atoms with van der Waals surface area (Å²) in [6.07, 6.45) is 5.78. The van der Waals surface area contributed by atoms with E-state index in [1.165, 1.54) is 5.56 Å². The second-order valence-corrected chi connectivity index (χ2v) is 10.6. The van der Waals surface area contributed by atoms with Gasteiger partial charge in [-0.25, -0.2) is 0 Å². The van der Waals surface area contributed by atoms with E-state index in [1.807, 2.05) is 6.07 Å². The molecule has 2 aliphatic heterocycles. The van der Waals surface area contributed by atoms with Crippen LogP contribution in [0.3, 0.4) is 0 Å². The normalized spacial score (nSPS) is 32.0. The number of fused-ring (bicyclic) bond motifs is 2. The van der Waals surface area contributed by atoms with Crippen LogP contribution in [0.15, 0.2) is 24.3 Å². The van der Waals surface area contributed by atoms with Crippen molar-refractivity contribution in [2.24, 2.45) is 16.7 Å². The summed E-state index contributed by atoms with van der Waals surface area (Å²) in [6.45, 7) is 10.1. The molecule has 3 unspecified atom stereocenters. The number of hydrogen-bond acceptors (Lipinski definition) is 4. The molecule has 4 rings (SSSR count). The van der Waals surface area contributed by atoms with Gasteiger partial charge in [-0.1, -0.05) is 39.0 Å². The molecule has 0 spiro atoms. The minimum Gasteiger partial charge on any atom is -0.496 e. The van der Waals surface area contributed by atoms with Crippen molar-refractivity contribution in [2.45, 2.75) is 65.2 Å². The number of imide groups is 1. The Labute approximate surface area is 187 Å². The third-order valence-electron chi connectivity index (χ3n) is 8.37. The Bertz CT molecular complexity index is 832. The third kappa shape index (κ3) is 4.02. The first-order valence-corrected chi connectivity index (χ1v) is 12.0. The summed E-state index contributed by atoms with van der Waals surface area (Å²) >= 11 is 0. The van der Waals surface area contributed by atoms with Gasteiger partial charge in [0.2, 0.25) is 11.8 Å². The van der Waals surface area contributed by atoms with E-state index in [4.69, 9.17) is 4.74 Å². The first-order valence-electron chi connectivity index (χ1n) is 12.0. The van der Waals surface area contributed by atoms with Crippen molar-refractivity contribution in [3.8, 4) is 5.75 Å². The van der Waals surface area contributed by atoms with E-state index in [2.05, 4.69) is 43.9 Å². The van der Waals surface area contributed by atoms with Crippen LogP contribution in [0, 0.1) is 16.7 Å². The second kappa shape index (κ2) is 8.57. The standard InChI is InChI=1S/C26H38N2O3/c1-19-17-25(2)18-26(19,3)24(30)28(23(25)29)14-8-7-13-27-15-11-20(12-16-27)21-9-5-6-10-22(21)31-4/h5-6,9-10,19-20H,7-8,11-18H2,1-4H3. The molecule has 5 heteroatoms. The molecule has 3 atom stereocenters. The van der Waals surface area contributed by atoms with Crippen LogP contribution in [0.25, 0.3) is 0 Å². The number of benzene rings is 1. The highest BCUT2D eigenvalue weighted by Crippen LogP contribution is 2.57. The van der Waals surface area contributed by atoms with Gasteiger partial charge in [0.25, 0.3) is 0 Å². The summed E-state index contributed by atoms with van der Waals surface area (Å²) in [7, 11) is 1.75. The number of likely N-dealkylation sites (tertiary alicyclic amines) is 2. The molecule has 3 fully saturated rings. The van der Waals surface area contributed by atoms with Crippen LogP contribution in [0.1, 0.15) is 70.8 Å². The Morgan fingerprint density at radius 1 is 1.03 bits per heavy atom. The van der Waals surface area contributed by atoms with E-state index in [0.29, 0.717) is 12.5 Å². The van der Waals surface area contributed by atoms with Crippen molar-refractivity contribution in [3.05, 3.63) is 29.8 Å². The smallest absolute Gasteiger partial charge is 0.235 e. The number of hydrogen-bond donors (Lipinski definition) is 0. The molecule has 0 radical (unpaired) electrons. The zero-order valence-electron chi connectivity index (χ0n) is 19.7. The molecule has 2 amide bonds. The van der Waals surface area contributed by atoms with Gasteiger partial charge in [0.15, 0.2) is 0 Å². The number of carbonyl (C=O) groups is 2. The Morgan fingerprint density at radius 3 is 2.42 bits per heavy atom. The summed E-state index contributed by atoms with van der Waals surface area (Å²) in [5.74, 6) is 1.98. The number of piperidine rings is 2. The fourth-order valence-electron chi connectivity index (χ4n) is 6.41. The lowest BCUT2D eigenvalue weighted by Gasteiger charge is -2.41. The van der Waals surface area contributed by atoms with Crippen molar-refractivity contribution in [1.29, 1.82) is 0 Å². The van der Waals surface area contributed by atoms with E-state index in [0.717, 1.165) is 63.9 Å². The van der Waals surface area contributed by atoms with Crippen LogP contribution in [-0.4, -0.2) is 54.9 Å². The molecule has 31 heavy (non-hydrogen) atoms. The molecule has 170 valence electrons. The van der Waals surface area contributed by atoms with Crippen LogP contribution in [0.4, 0.5) is 0 Å². The number of nitrogens with zero attached hydrogens (tertiary/aromatic N) is 2. The quantitative estimate of drug-likeness (QED) is 0.477. The highest BCUT2D eigenvalue weighted by Gasteiger charge is 2.62. The summed E-state index contributed by atoms with van der Waals surface area (Å²) in [6, 6.07) is 8.38. The SMILES string of the molecule is COc1ccccc1C1CCN(CCCCN2C(=O)C3(C)CC(C)C(C)(C3)C2=O)CC1. The van der Waals surface area contributed by atoms with E-state index < -0.39 is 0 Å². The molecule has 2 heterocycles. The number of methoxy groups -OCH3 is 1. The van der Waals surface area contributed by atoms with Gasteiger partial charge in [-0.15, -0.1) is 0 Å². The van der Waals surface area contributed by atoms with Gasteiger partial charge in [0.1, 0.15) is 5.75 Å². The maximum atomic E-state index is 13.1. The van der Waals surface area contributed by atoms with Gasteiger partial charge < -0.3 is 9.64 Å². The maximum absolute atomic E-state index is 13.1. The molecular formula is C26H38N2O3. The number of rotatable bonds is 7. The molecular weight excluding hydrogens is 388 g/mol. The van der Waals surface area contributed by atoms with Crippen LogP contribution in [0.5, 0.6) is 5.75 Å². The van der Waals surface area contributed by atoms with Crippen molar-refractivity contribution in [3.63, 3.8) is 0 Å². The molecule has 1 aromatic rings. The third-order valence-corrected chi connectivity index (χ3v) is 8.37. The molecule has 1 aliphatic carbocycles. The molecule has 0 aromatic heterocycles.